The summed E-state index contributed by atoms with van der Waals surface area (Å²) in [6, 6.07) is -0.345. The number of amides is 2. The van der Waals surface area contributed by atoms with E-state index in [9.17, 15) is 9.59 Å². The van der Waals surface area contributed by atoms with Gasteiger partial charge in [0.05, 0.1) is 18.6 Å². The van der Waals surface area contributed by atoms with Gasteiger partial charge in [0.1, 0.15) is 0 Å². The number of nitrogens with zero attached hydrogens (tertiary/aromatic N) is 1. The van der Waals surface area contributed by atoms with Crippen molar-refractivity contribution in [2.75, 3.05) is 27.3 Å². The number of carbonyl (C=O) groups excluding carboxylic acids is 1. The Morgan fingerprint density at radius 2 is 2.00 bits per heavy atom. The lowest BCUT2D eigenvalue weighted by atomic mass is 10.2. The molecule has 2 N–H and O–H groups in total. The molecule has 0 radical (unpaired) electrons. The molecule has 0 bridgehead atoms. The van der Waals surface area contributed by atoms with Gasteiger partial charge in [0.2, 0.25) is 0 Å². The lowest BCUT2D eigenvalue weighted by molar-refractivity contribution is -0.140. The average Bonchev–Trinajstić information content (AvgIpc) is 2.24. The SMILES string of the molecule is COCC(C)N(C)C(=O)NCC(C)C(=O)O. The lowest BCUT2D eigenvalue weighted by Crippen LogP contribution is -2.45. The molecule has 0 spiro atoms. The number of rotatable bonds is 6. The number of hydrogen-bond donors (Lipinski definition) is 2. The van der Waals surface area contributed by atoms with E-state index in [1.807, 2.05) is 6.92 Å². The van der Waals surface area contributed by atoms with Crippen molar-refractivity contribution >= 4 is 12.0 Å². The highest BCUT2D eigenvalue weighted by molar-refractivity contribution is 5.75. The normalized spacial score (nSPS) is 14.0. The molecule has 0 saturated carbocycles. The highest BCUT2D eigenvalue weighted by Crippen LogP contribution is 1.98. The van der Waals surface area contributed by atoms with Crippen molar-refractivity contribution in [2.45, 2.75) is 19.9 Å². The highest BCUT2D eigenvalue weighted by atomic mass is 16.5. The van der Waals surface area contributed by atoms with Crippen LogP contribution in [0.5, 0.6) is 0 Å². The Morgan fingerprint density at radius 3 is 2.44 bits per heavy atom. The number of carboxylic acid groups (broad SMARTS) is 1. The fourth-order valence-corrected chi connectivity index (χ4v) is 1.01. The summed E-state index contributed by atoms with van der Waals surface area (Å²) in [5.41, 5.74) is 0. The number of nitrogens with one attached hydrogen (secondary N) is 1. The second-order valence-electron chi connectivity index (χ2n) is 3.84. The van der Waals surface area contributed by atoms with Crippen LogP contribution in [0.4, 0.5) is 4.79 Å². The van der Waals surface area contributed by atoms with Gasteiger partial charge in [0.15, 0.2) is 0 Å². The van der Waals surface area contributed by atoms with Crippen LogP contribution in [0.3, 0.4) is 0 Å². The van der Waals surface area contributed by atoms with Crippen LogP contribution in [0.15, 0.2) is 0 Å². The second kappa shape index (κ2) is 7.05. The van der Waals surface area contributed by atoms with E-state index in [1.54, 1.807) is 21.1 Å². The minimum absolute atomic E-state index is 0.0508. The van der Waals surface area contributed by atoms with Crippen molar-refractivity contribution in [1.82, 2.24) is 10.2 Å². The predicted octanol–water partition coefficient (Wildman–Crippen LogP) is 0.383. The number of likely N-dealkylation sites (N-methyl/N-ethyl adjacent to an activating group) is 1. The van der Waals surface area contributed by atoms with E-state index in [-0.39, 0.29) is 18.6 Å². The summed E-state index contributed by atoms with van der Waals surface area (Å²) in [4.78, 5) is 23.6. The Morgan fingerprint density at radius 1 is 1.44 bits per heavy atom. The standard InChI is InChI=1S/C10H20N2O4/c1-7(9(13)14)5-11-10(15)12(3)8(2)6-16-4/h7-8H,5-6H2,1-4H3,(H,11,15)(H,13,14). The van der Waals surface area contributed by atoms with Gasteiger partial charge in [-0.05, 0) is 6.92 Å². The summed E-state index contributed by atoms with van der Waals surface area (Å²) >= 11 is 0. The maximum absolute atomic E-state index is 11.6. The number of carbonyl (C=O) groups is 2. The molecule has 0 aliphatic rings. The third-order valence-corrected chi connectivity index (χ3v) is 2.37. The van der Waals surface area contributed by atoms with Gasteiger partial charge in [-0.25, -0.2) is 4.79 Å². The van der Waals surface area contributed by atoms with E-state index < -0.39 is 11.9 Å². The van der Waals surface area contributed by atoms with Crippen molar-refractivity contribution in [3.8, 4) is 0 Å². The third kappa shape index (κ3) is 4.97. The molecule has 0 aliphatic carbocycles. The van der Waals surface area contributed by atoms with Gasteiger partial charge >= 0.3 is 12.0 Å². The zero-order chi connectivity index (χ0) is 12.7. The third-order valence-electron chi connectivity index (χ3n) is 2.37. The summed E-state index contributed by atoms with van der Waals surface area (Å²) in [5, 5.41) is 11.2. The quantitative estimate of drug-likeness (QED) is 0.694. The first kappa shape index (κ1) is 14.7. The summed E-state index contributed by atoms with van der Waals surface area (Å²) < 4.78 is 4.92. The number of hydrogen-bond acceptors (Lipinski definition) is 3. The molecule has 2 atom stereocenters. The first-order valence-corrected chi connectivity index (χ1v) is 5.12. The molecule has 6 nitrogen and oxygen atoms in total. The van der Waals surface area contributed by atoms with E-state index in [0.29, 0.717) is 6.61 Å². The van der Waals surface area contributed by atoms with Crippen LogP contribution in [0.25, 0.3) is 0 Å². The molecule has 0 aromatic heterocycles. The van der Waals surface area contributed by atoms with Crippen LogP contribution < -0.4 is 5.32 Å². The van der Waals surface area contributed by atoms with Gasteiger partial charge in [-0.1, -0.05) is 6.92 Å². The van der Waals surface area contributed by atoms with Crippen molar-refractivity contribution < 1.29 is 19.4 Å². The van der Waals surface area contributed by atoms with Crippen molar-refractivity contribution in [3.05, 3.63) is 0 Å². The van der Waals surface area contributed by atoms with E-state index in [4.69, 9.17) is 9.84 Å². The maximum Gasteiger partial charge on any atom is 0.317 e. The van der Waals surface area contributed by atoms with Crippen LogP contribution in [0, 0.1) is 5.92 Å². The molecular formula is C10H20N2O4. The second-order valence-corrected chi connectivity index (χ2v) is 3.84. The Balaban J connectivity index is 4.01. The summed E-state index contributed by atoms with van der Waals surface area (Å²) in [6.45, 7) is 3.96. The molecule has 0 aliphatic heterocycles. The van der Waals surface area contributed by atoms with Crippen LogP contribution in [0.2, 0.25) is 0 Å². The van der Waals surface area contributed by atoms with E-state index in [1.165, 1.54) is 4.90 Å². The smallest absolute Gasteiger partial charge is 0.317 e. The maximum atomic E-state index is 11.6. The van der Waals surface area contributed by atoms with Crippen molar-refractivity contribution in [3.63, 3.8) is 0 Å². The van der Waals surface area contributed by atoms with Crippen LogP contribution >= 0.6 is 0 Å². The molecule has 16 heavy (non-hydrogen) atoms. The first-order chi connectivity index (χ1) is 7.40. The Labute approximate surface area is 95.6 Å². The summed E-state index contributed by atoms with van der Waals surface area (Å²) in [7, 11) is 3.21. The molecule has 0 heterocycles. The number of ether oxygens (including phenoxy) is 1. The van der Waals surface area contributed by atoms with Crippen LogP contribution in [-0.2, 0) is 9.53 Å². The molecular weight excluding hydrogens is 212 g/mol. The topological polar surface area (TPSA) is 78.9 Å². The monoisotopic (exact) mass is 232 g/mol. The molecule has 0 saturated heterocycles. The number of urea groups is 1. The zero-order valence-electron chi connectivity index (χ0n) is 10.2. The Kier molecular flexibility index (Phi) is 6.48. The molecule has 6 heteroatoms. The van der Waals surface area contributed by atoms with Gasteiger partial charge < -0.3 is 20.1 Å². The van der Waals surface area contributed by atoms with Crippen LogP contribution in [-0.4, -0.2) is 55.4 Å². The average molecular weight is 232 g/mol. The highest BCUT2D eigenvalue weighted by Gasteiger charge is 2.17. The van der Waals surface area contributed by atoms with Gasteiger partial charge in [-0.2, -0.15) is 0 Å². The lowest BCUT2D eigenvalue weighted by Gasteiger charge is -2.24. The number of methoxy groups -OCH3 is 1. The molecule has 2 unspecified atom stereocenters. The first-order valence-electron chi connectivity index (χ1n) is 5.12. The number of aliphatic carboxylic acids is 1. The molecule has 94 valence electrons. The van der Waals surface area contributed by atoms with Gasteiger partial charge in [0.25, 0.3) is 0 Å². The van der Waals surface area contributed by atoms with Gasteiger partial charge in [0, 0.05) is 20.7 Å². The Hall–Kier alpha value is -1.30. The van der Waals surface area contributed by atoms with Gasteiger partial charge in [-0.3, -0.25) is 4.79 Å². The van der Waals surface area contributed by atoms with Gasteiger partial charge in [-0.15, -0.1) is 0 Å². The van der Waals surface area contributed by atoms with Crippen molar-refractivity contribution in [1.29, 1.82) is 0 Å². The largest absolute Gasteiger partial charge is 0.481 e. The fourth-order valence-electron chi connectivity index (χ4n) is 1.01. The van der Waals surface area contributed by atoms with E-state index >= 15 is 0 Å². The molecule has 0 fully saturated rings. The van der Waals surface area contributed by atoms with Crippen LogP contribution in [0.1, 0.15) is 13.8 Å². The van der Waals surface area contributed by atoms with E-state index in [0.717, 1.165) is 0 Å². The van der Waals surface area contributed by atoms with E-state index in [2.05, 4.69) is 5.32 Å². The molecule has 0 rings (SSSR count). The zero-order valence-corrected chi connectivity index (χ0v) is 10.2. The minimum Gasteiger partial charge on any atom is -0.481 e. The molecule has 0 aromatic carbocycles. The minimum atomic E-state index is -0.923. The molecule has 2 amide bonds. The Bertz CT molecular complexity index is 245. The predicted molar refractivity (Wildman–Crippen MR) is 59.3 cm³/mol. The summed E-state index contributed by atoms with van der Waals surface area (Å²) in [6.07, 6.45) is 0. The van der Waals surface area contributed by atoms with Crippen molar-refractivity contribution in [2.24, 2.45) is 5.92 Å². The number of carboxylic acids is 1. The fraction of sp³-hybridized carbons (Fsp3) is 0.800. The molecule has 0 aromatic rings. The summed E-state index contributed by atoms with van der Waals surface area (Å²) in [5.74, 6) is -1.51.